The Morgan fingerprint density at radius 2 is 2.15 bits per heavy atom. The largest absolute Gasteiger partial charge is 0.461 e. The second-order valence-corrected chi connectivity index (χ2v) is 3.83. The molecule has 7 heteroatoms. The molecule has 2 heterocycles. The fraction of sp³-hybridized carbons (Fsp3) is 0.385. The molecule has 0 radical (unpaired) electrons. The monoisotopic (exact) mass is 296 g/mol. The summed E-state index contributed by atoms with van der Waals surface area (Å²) < 4.78 is 6.35. The Labute approximate surface area is 122 Å². The normalized spacial score (nSPS) is 9.65. The molecule has 0 unspecified atom stereocenters. The van der Waals surface area contributed by atoms with Crippen molar-refractivity contribution in [3.63, 3.8) is 0 Å². The first-order chi connectivity index (χ1) is 9.61. The molecule has 0 atom stereocenters. The maximum Gasteiger partial charge on any atom is 0.357 e. The fourth-order valence-electron chi connectivity index (χ4n) is 1.47. The minimum Gasteiger partial charge on any atom is -0.461 e. The quantitative estimate of drug-likeness (QED) is 0.643. The highest BCUT2D eigenvalue weighted by molar-refractivity contribution is 6.28. The molecule has 2 rings (SSSR count). The summed E-state index contributed by atoms with van der Waals surface area (Å²) in [7, 11) is 0. The lowest BCUT2D eigenvalue weighted by molar-refractivity contribution is 0.0515. The molecule has 0 fully saturated rings. The van der Waals surface area contributed by atoms with Crippen LogP contribution in [-0.2, 0) is 4.74 Å². The number of carbonyl (C=O) groups is 1. The minimum atomic E-state index is -0.451. The van der Waals surface area contributed by atoms with E-state index in [-0.39, 0.29) is 5.28 Å². The van der Waals surface area contributed by atoms with Crippen LogP contribution >= 0.6 is 11.6 Å². The summed E-state index contributed by atoms with van der Waals surface area (Å²) in [5.74, 6) is -0.0287. The first-order valence-corrected chi connectivity index (χ1v) is 6.72. The van der Waals surface area contributed by atoms with Crippen LogP contribution in [-0.4, -0.2) is 32.3 Å². The predicted octanol–water partition coefficient (Wildman–Crippen LogP) is 2.83. The molecule has 0 amide bonds. The predicted molar refractivity (Wildman–Crippen MR) is 76.2 cm³/mol. The van der Waals surface area contributed by atoms with Gasteiger partial charge in [0.2, 0.25) is 5.28 Å². The molecule has 0 aliphatic heterocycles. The molecule has 20 heavy (non-hydrogen) atoms. The van der Waals surface area contributed by atoms with Crippen LogP contribution in [0.4, 0.5) is 0 Å². The Hall–Kier alpha value is -1.95. The van der Waals surface area contributed by atoms with E-state index in [4.69, 9.17) is 16.3 Å². The average molecular weight is 297 g/mol. The first kappa shape index (κ1) is 16.1. The maximum absolute atomic E-state index is 11.8. The zero-order chi connectivity index (χ0) is 15.1. The number of ether oxygens (including phenoxy) is 1. The standard InChI is InChI=1S/C11H11ClN4O2.C2H6/c1-3-18-10(17)8-6-7(2)15-16(8)9-4-5-13-11(12)14-9;1-2/h4-6H,3H2,1-2H3;1-2H3. The topological polar surface area (TPSA) is 69.9 Å². The van der Waals surface area contributed by atoms with Crippen LogP contribution in [0.1, 0.15) is 37.0 Å². The fourth-order valence-corrected chi connectivity index (χ4v) is 1.61. The molecular formula is C13H17ClN4O2. The van der Waals surface area contributed by atoms with Crippen LogP contribution in [0.5, 0.6) is 0 Å². The number of rotatable bonds is 3. The van der Waals surface area contributed by atoms with E-state index in [0.717, 1.165) is 0 Å². The summed E-state index contributed by atoms with van der Waals surface area (Å²) in [5, 5.41) is 4.29. The van der Waals surface area contributed by atoms with Gasteiger partial charge in [0.05, 0.1) is 12.3 Å². The second-order valence-electron chi connectivity index (χ2n) is 3.49. The Balaban J connectivity index is 0.000000956. The highest BCUT2D eigenvalue weighted by atomic mass is 35.5. The van der Waals surface area contributed by atoms with Gasteiger partial charge in [-0.2, -0.15) is 10.1 Å². The molecule has 6 nitrogen and oxygen atoms in total. The molecule has 2 aromatic rings. The number of aromatic nitrogens is 4. The van der Waals surface area contributed by atoms with Crippen molar-refractivity contribution in [2.75, 3.05) is 6.61 Å². The van der Waals surface area contributed by atoms with Gasteiger partial charge in [-0.05, 0) is 31.5 Å². The number of esters is 1. The van der Waals surface area contributed by atoms with E-state index < -0.39 is 5.97 Å². The molecule has 0 N–H and O–H groups in total. The molecular weight excluding hydrogens is 280 g/mol. The van der Waals surface area contributed by atoms with Crippen LogP contribution in [0.3, 0.4) is 0 Å². The molecule has 0 bridgehead atoms. The number of hydrogen-bond donors (Lipinski definition) is 0. The number of carbonyl (C=O) groups excluding carboxylic acids is 1. The zero-order valence-electron chi connectivity index (χ0n) is 11.9. The van der Waals surface area contributed by atoms with Gasteiger partial charge >= 0.3 is 5.97 Å². The lowest BCUT2D eigenvalue weighted by Gasteiger charge is -2.05. The Morgan fingerprint density at radius 3 is 2.75 bits per heavy atom. The summed E-state index contributed by atoms with van der Waals surface area (Å²) >= 11 is 5.72. The van der Waals surface area contributed by atoms with Crippen molar-refractivity contribution in [3.8, 4) is 5.82 Å². The van der Waals surface area contributed by atoms with Gasteiger partial charge < -0.3 is 4.74 Å². The third-order valence-corrected chi connectivity index (χ3v) is 2.33. The average Bonchev–Trinajstić information content (AvgIpc) is 2.83. The SMILES string of the molecule is CC.CCOC(=O)c1cc(C)nn1-c1ccnc(Cl)n1. The third-order valence-electron chi connectivity index (χ3n) is 2.14. The van der Waals surface area contributed by atoms with E-state index >= 15 is 0 Å². The number of aryl methyl sites for hydroxylation is 1. The van der Waals surface area contributed by atoms with Gasteiger partial charge in [0, 0.05) is 12.3 Å². The van der Waals surface area contributed by atoms with Crippen molar-refractivity contribution in [3.05, 3.63) is 35.0 Å². The smallest absolute Gasteiger partial charge is 0.357 e. The number of hydrogen-bond acceptors (Lipinski definition) is 5. The van der Waals surface area contributed by atoms with Gasteiger partial charge in [-0.3, -0.25) is 0 Å². The molecule has 0 saturated carbocycles. The highest BCUT2D eigenvalue weighted by Crippen LogP contribution is 2.12. The lowest BCUT2D eigenvalue weighted by Crippen LogP contribution is -2.13. The van der Waals surface area contributed by atoms with E-state index in [1.165, 1.54) is 10.9 Å². The maximum atomic E-state index is 11.8. The molecule has 0 aliphatic carbocycles. The van der Waals surface area contributed by atoms with Gasteiger partial charge in [-0.25, -0.2) is 14.5 Å². The second kappa shape index (κ2) is 7.59. The van der Waals surface area contributed by atoms with Gasteiger partial charge in [-0.1, -0.05) is 13.8 Å². The van der Waals surface area contributed by atoms with Gasteiger partial charge in [-0.15, -0.1) is 0 Å². The minimum absolute atomic E-state index is 0.0930. The summed E-state index contributed by atoms with van der Waals surface area (Å²) in [5.41, 5.74) is 0.997. The van der Waals surface area contributed by atoms with Crippen LogP contribution in [0.25, 0.3) is 5.82 Å². The van der Waals surface area contributed by atoms with Crippen molar-refractivity contribution < 1.29 is 9.53 Å². The molecule has 2 aromatic heterocycles. The van der Waals surface area contributed by atoms with E-state index in [2.05, 4.69) is 15.1 Å². The summed E-state index contributed by atoms with van der Waals surface area (Å²) in [6.07, 6.45) is 1.50. The third kappa shape index (κ3) is 3.77. The van der Waals surface area contributed by atoms with Gasteiger partial charge in [0.1, 0.15) is 0 Å². The van der Waals surface area contributed by atoms with E-state index in [1.807, 2.05) is 13.8 Å². The van der Waals surface area contributed by atoms with Crippen LogP contribution < -0.4 is 0 Å². The van der Waals surface area contributed by atoms with Crippen LogP contribution in [0.2, 0.25) is 5.28 Å². The molecule has 0 saturated heterocycles. The van der Waals surface area contributed by atoms with Gasteiger partial charge in [0.15, 0.2) is 11.5 Å². The summed E-state index contributed by atoms with van der Waals surface area (Å²) in [6.45, 7) is 7.82. The molecule has 108 valence electrons. The molecule has 0 aliphatic rings. The van der Waals surface area contributed by atoms with Gasteiger partial charge in [0.25, 0.3) is 0 Å². The molecule has 0 spiro atoms. The van der Waals surface area contributed by atoms with Crippen LogP contribution in [0, 0.1) is 6.92 Å². The lowest BCUT2D eigenvalue weighted by atomic mass is 10.3. The van der Waals surface area contributed by atoms with Crippen molar-refractivity contribution in [1.82, 2.24) is 19.7 Å². The van der Waals surface area contributed by atoms with E-state index in [1.54, 1.807) is 26.0 Å². The van der Waals surface area contributed by atoms with Crippen molar-refractivity contribution in [2.45, 2.75) is 27.7 Å². The summed E-state index contributed by atoms with van der Waals surface area (Å²) in [6, 6.07) is 3.25. The Bertz CT molecular complexity index is 584. The zero-order valence-corrected chi connectivity index (χ0v) is 12.7. The van der Waals surface area contributed by atoms with E-state index in [0.29, 0.717) is 23.8 Å². The molecule has 0 aromatic carbocycles. The van der Waals surface area contributed by atoms with Crippen molar-refractivity contribution >= 4 is 17.6 Å². The number of halogens is 1. The highest BCUT2D eigenvalue weighted by Gasteiger charge is 2.17. The number of nitrogens with zero attached hydrogens (tertiary/aromatic N) is 4. The Kier molecular flexibility index (Phi) is 6.11. The van der Waals surface area contributed by atoms with Crippen molar-refractivity contribution in [2.24, 2.45) is 0 Å². The van der Waals surface area contributed by atoms with Crippen LogP contribution in [0.15, 0.2) is 18.3 Å². The van der Waals surface area contributed by atoms with E-state index in [9.17, 15) is 4.79 Å². The summed E-state index contributed by atoms with van der Waals surface area (Å²) in [4.78, 5) is 19.6. The Morgan fingerprint density at radius 1 is 1.45 bits per heavy atom. The first-order valence-electron chi connectivity index (χ1n) is 6.34. The van der Waals surface area contributed by atoms with Crippen molar-refractivity contribution in [1.29, 1.82) is 0 Å².